The van der Waals surface area contributed by atoms with Gasteiger partial charge in [-0.25, -0.2) is 0 Å². The fourth-order valence-corrected chi connectivity index (χ4v) is 2.02. The van der Waals surface area contributed by atoms with Crippen molar-refractivity contribution in [3.63, 3.8) is 0 Å². The SMILES string of the molecule is C=CCC(C)(C(=O)O)c1cc(Cl)cc(Cl)c1. The van der Waals surface area contributed by atoms with Gasteiger partial charge < -0.3 is 5.11 Å². The van der Waals surface area contributed by atoms with Crippen LogP contribution < -0.4 is 0 Å². The molecule has 2 nitrogen and oxygen atoms in total. The minimum absolute atomic E-state index is 0.318. The van der Waals surface area contributed by atoms with Crippen LogP contribution >= 0.6 is 23.2 Å². The Morgan fingerprint density at radius 3 is 2.31 bits per heavy atom. The van der Waals surface area contributed by atoms with Crippen molar-refractivity contribution in [2.24, 2.45) is 0 Å². The Morgan fingerprint density at radius 2 is 1.94 bits per heavy atom. The van der Waals surface area contributed by atoms with Gasteiger partial charge >= 0.3 is 5.97 Å². The third-order valence-corrected chi connectivity index (χ3v) is 2.96. The highest BCUT2D eigenvalue weighted by Gasteiger charge is 2.34. The van der Waals surface area contributed by atoms with E-state index in [4.69, 9.17) is 23.2 Å². The third-order valence-electron chi connectivity index (χ3n) is 2.52. The molecule has 0 heterocycles. The molecule has 0 spiro atoms. The first-order chi connectivity index (χ1) is 7.40. The molecule has 4 heteroatoms. The highest BCUT2D eigenvalue weighted by atomic mass is 35.5. The molecule has 1 aromatic rings. The minimum atomic E-state index is -1.05. The van der Waals surface area contributed by atoms with Crippen LogP contribution in [0.15, 0.2) is 30.9 Å². The number of carbonyl (C=O) groups is 1. The minimum Gasteiger partial charge on any atom is -0.481 e. The quantitative estimate of drug-likeness (QED) is 0.832. The summed E-state index contributed by atoms with van der Waals surface area (Å²) in [6, 6.07) is 4.80. The van der Waals surface area contributed by atoms with Crippen molar-refractivity contribution < 1.29 is 9.90 Å². The van der Waals surface area contributed by atoms with E-state index in [1.165, 1.54) is 0 Å². The first kappa shape index (κ1) is 13.1. The molecule has 1 aromatic carbocycles. The summed E-state index contributed by atoms with van der Waals surface area (Å²) in [5.74, 6) is -0.925. The fourth-order valence-electron chi connectivity index (χ4n) is 1.49. The standard InChI is InChI=1S/C12H12Cl2O2/c1-3-4-12(2,11(15)16)8-5-9(13)7-10(14)6-8/h3,5-7H,1,4H2,2H3,(H,15,16). The number of allylic oxidation sites excluding steroid dienone is 1. The van der Waals surface area contributed by atoms with Crippen LogP contribution in [0.2, 0.25) is 10.0 Å². The maximum Gasteiger partial charge on any atom is 0.314 e. The second-order valence-corrected chi connectivity index (χ2v) is 4.66. The number of carboxylic acid groups (broad SMARTS) is 1. The van der Waals surface area contributed by atoms with Gasteiger partial charge in [0, 0.05) is 10.0 Å². The van der Waals surface area contributed by atoms with Crippen LogP contribution in [0, 0.1) is 0 Å². The molecule has 1 unspecified atom stereocenters. The molecule has 0 aliphatic rings. The summed E-state index contributed by atoms with van der Waals surface area (Å²) >= 11 is 11.7. The molecule has 0 bridgehead atoms. The maximum absolute atomic E-state index is 11.3. The predicted octanol–water partition coefficient (Wildman–Crippen LogP) is 3.91. The van der Waals surface area contributed by atoms with E-state index in [1.807, 2.05) is 0 Å². The van der Waals surface area contributed by atoms with Gasteiger partial charge in [0.05, 0.1) is 5.41 Å². The van der Waals surface area contributed by atoms with E-state index in [2.05, 4.69) is 6.58 Å². The molecule has 0 radical (unpaired) electrons. The average molecular weight is 259 g/mol. The Kier molecular flexibility index (Phi) is 4.00. The predicted molar refractivity (Wildman–Crippen MR) is 66.3 cm³/mol. The highest BCUT2D eigenvalue weighted by Crippen LogP contribution is 2.32. The fraction of sp³-hybridized carbons (Fsp3) is 0.250. The number of aliphatic carboxylic acids is 1. The summed E-state index contributed by atoms with van der Waals surface area (Å²) in [5.41, 5.74) is -0.464. The zero-order chi connectivity index (χ0) is 12.3. The topological polar surface area (TPSA) is 37.3 Å². The van der Waals surface area contributed by atoms with Crippen LogP contribution in [0.3, 0.4) is 0 Å². The van der Waals surface area contributed by atoms with Crippen molar-refractivity contribution in [1.82, 2.24) is 0 Å². The maximum atomic E-state index is 11.3. The zero-order valence-electron chi connectivity index (χ0n) is 8.84. The van der Waals surface area contributed by atoms with E-state index in [9.17, 15) is 9.90 Å². The number of halogens is 2. The first-order valence-corrected chi connectivity index (χ1v) is 5.46. The van der Waals surface area contributed by atoms with Gasteiger partial charge in [-0.1, -0.05) is 29.3 Å². The molecule has 0 aliphatic carbocycles. The molecule has 0 aromatic heterocycles. The lowest BCUT2D eigenvalue weighted by atomic mass is 9.79. The van der Waals surface area contributed by atoms with Crippen molar-refractivity contribution >= 4 is 29.2 Å². The summed E-state index contributed by atoms with van der Waals surface area (Å²) in [7, 11) is 0. The lowest BCUT2D eigenvalue weighted by Gasteiger charge is -2.24. The van der Waals surface area contributed by atoms with Crippen LogP contribution in [0.5, 0.6) is 0 Å². The average Bonchev–Trinajstić information content (AvgIpc) is 2.16. The summed E-state index contributed by atoms with van der Waals surface area (Å²) in [4.78, 5) is 11.3. The molecule has 0 amide bonds. The Morgan fingerprint density at radius 1 is 1.44 bits per heavy atom. The number of hydrogen-bond acceptors (Lipinski definition) is 1. The molecular formula is C12H12Cl2O2. The van der Waals surface area contributed by atoms with Gasteiger partial charge in [-0.3, -0.25) is 4.79 Å². The van der Waals surface area contributed by atoms with E-state index < -0.39 is 11.4 Å². The lowest BCUT2D eigenvalue weighted by Crippen LogP contribution is -2.31. The highest BCUT2D eigenvalue weighted by molar-refractivity contribution is 6.34. The van der Waals surface area contributed by atoms with Crippen LogP contribution in [0.25, 0.3) is 0 Å². The van der Waals surface area contributed by atoms with Crippen LogP contribution in [-0.2, 0) is 10.2 Å². The van der Waals surface area contributed by atoms with E-state index in [-0.39, 0.29) is 0 Å². The van der Waals surface area contributed by atoms with E-state index in [0.29, 0.717) is 22.0 Å². The molecule has 1 N–H and O–H groups in total. The van der Waals surface area contributed by atoms with Crippen LogP contribution in [-0.4, -0.2) is 11.1 Å². The molecule has 86 valence electrons. The number of rotatable bonds is 4. The monoisotopic (exact) mass is 258 g/mol. The number of benzene rings is 1. The molecule has 0 aliphatic heterocycles. The summed E-state index contributed by atoms with van der Waals surface area (Å²) in [6.07, 6.45) is 1.89. The van der Waals surface area contributed by atoms with Crippen molar-refractivity contribution in [2.45, 2.75) is 18.8 Å². The van der Waals surface area contributed by atoms with E-state index in [1.54, 1.807) is 31.2 Å². The van der Waals surface area contributed by atoms with Gasteiger partial charge in [0.1, 0.15) is 0 Å². The second-order valence-electron chi connectivity index (χ2n) is 3.79. The van der Waals surface area contributed by atoms with Crippen molar-refractivity contribution in [3.8, 4) is 0 Å². The lowest BCUT2D eigenvalue weighted by molar-refractivity contribution is -0.143. The van der Waals surface area contributed by atoms with E-state index >= 15 is 0 Å². The first-order valence-electron chi connectivity index (χ1n) is 4.71. The molecule has 1 rings (SSSR count). The summed E-state index contributed by atoms with van der Waals surface area (Å²) in [6.45, 7) is 5.19. The molecule has 1 atom stereocenters. The smallest absolute Gasteiger partial charge is 0.314 e. The molecule has 0 saturated heterocycles. The van der Waals surface area contributed by atoms with Crippen molar-refractivity contribution in [3.05, 3.63) is 46.5 Å². The molecule has 0 fully saturated rings. The van der Waals surface area contributed by atoms with Gasteiger partial charge in [-0.05, 0) is 37.1 Å². The van der Waals surface area contributed by atoms with E-state index in [0.717, 1.165) is 0 Å². The normalized spacial score (nSPS) is 14.2. The van der Waals surface area contributed by atoms with Crippen LogP contribution in [0.4, 0.5) is 0 Å². The zero-order valence-corrected chi connectivity index (χ0v) is 10.3. The van der Waals surface area contributed by atoms with Gasteiger partial charge in [-0.15, -0.1) is 6.58 Å². The number of carboxylic acids is 1. The Balaban J connectivity index is 3.31. The second kappa shape index (κ2) is 4.89. The molecule has 0 saturated carbocycles. The van der Waals surface area contributed by atoms with Gasteiger partial charge in [0.15, 0.2) is 0 Å². The Hall–Kier alpha value is -0.990. The Labute approximate surface area is 104 Å². The Bertz CT molecular complexity index is 409. The number of hydrogen-bond donors (Lipinski definition) is 1. The van der Waals surface area contributed by atoms with Crippen LogP contribution in [0.1, 0.15) is 18.9 Å². The molecular weight excluding hydrogens is 247 g/mol. The van der Waals surface area contributed by atoms with Crippen molar-refractivity contribution in [1.29, 1.82) is 0 Å². The largest absolute Gasteiger partial charge is 0.481 e. The van der Waals surface area contributed by atoms with Crippen molar-refractivity contribution in [2.75, 3.05) is 0 Å². The summed E-state index contributed by atoms with van der Waals surface area (Å²) in [5, 5.41) is 10.1. The third kappa shape index (κ3) is 2.57. The van der Waals surface area contributed by atoms with Gasteiger partial charge in [0.2, 0.25) is 0 Å². The molecule has 16 heavy (non-hydrogen) atoms. The van der Waals surface area contributed by atoms with Gasteiger partial charge in [-0.2, -0.15) is 0 Å². The van der Waals surface area contributed by atoms with Gasteiger partial charge in [0.25, 0.3) is 0 Å². The summed E-state index contributed by atoms with van der Waals surface area (Å²) < 4.78 is 0.